The fourth-order valence-corrected chi connectivity index (χ4v) is 0.909. The van der Waals surface area contributed by atoms with Gasteiger partial charge in [0.05, 0.1) is 19.8 Å². The van der Waals surface area contributed by atoms with Crippen molar-refractivity contribution in [3.05, 3.63) is 18.0 Å². The van der Waals surface area contributed by atoms with Gasteiger partial charge >= 0.3 is 6.01 Å². The molecule has 0 saturated heterocycles. The molecule has 1 heterocycles. The van der Waals surface area contributed by atoms with Gasteiger partial charge in [0.25, 0.3) is 0 Å². The molecule has 0 N–H and O–H groups in total. The molecule has 0 aliphatic heterocycles. The average molecular weight is 223 g/mol. The van der Waals surface area contributed by atoms with Crippen molar-refractivity contribution in [2.45, 2.75) is 0 Å². The van der Waals surface area contributed by atoms with Crippen molar-refractivity contribution in [2.24, 2.45) is 0 Å². The monoisotopic (exact) mass is 223 g/mol. The third-order valence-electron chi connectivity index (χ3n) is 1.64. The molecule has 0 aliphatic rings. The summed E-state index contributed by atoms with van der Waals surface area (Å²) in [5.41, 5.74) is 0.283. The molecule has 0 radical (unpaired) electrons. The van der Waals surface area contributed by atoms with Crippen molar-refractivity contribution in [1.29, 1.82) is 5.26 Å². The third-order valence-corrected chi connectivity index (χ3v) is 1.64. The maximum atomic E-state index is 8.60. The quantitative estimate of drug-likeness (QED) is 0.622. The molecule has 1 aromatic rings. The third kappa shape index (κ3) is 4.68. The lowest BCUT2D eigenvalue weighted by molar-refractivity contribution is 0.0528. The van der Waals surface area contributed by atoms with E-state index in [0.717, 1.165) is 0 Å². The Morgan fingerprint density at radius 2 is 2.12 bits per heavy atom. The maximum absolute atomic E-state index is 8.60. The smallest absolute Gasteiger partial charge is 0.317 e. The number of hydrogen-bond donors (Lipinski definition) is 0. The molecule has 0 saturated carbocycles. The van der Waals surface area contributed by atoms with Crippen LogP contribution in [0.15, 0.2) is 12.3 Å². The van der Waals surface area contributed by atoms with Gasteiger partial charge in [0.15, 0.2) is 0 Å². The highest BCUT2D eigenvalue weighted by Gasteiger charge is 1.98. The molecule has 0 spiro atoms. The number of nitriles is 1. The standard InChI is InChI=1S/C10H13N3O3/c1-14-4-5-15-6-7-16-10-12-3-2-9(8-11)13-10/h2-3H,4-7H2,1H3. The molecule has 16 heavy (non-hydrogen) atoms. The van der Waals surface area contributed by atoms with E-state index in [1.54, 1.807) is 7.11 Å². The number of hydrogen-bond acceptors (Lipinski definition) is 6. The highest BCUT2D eigenvalue weighted by atomic mass is 16.5. The van der Waals surface area contributed by atoms with Gasteiger partial charge in [0, 0.05) is 13.3 Å². The van der Waals surface area contributed by atoms with Crippen molar-refractivity contribution in [3.8, 4) is 12.1 Å². The normalized spacial score (nSPS) is 9.75. The zero-order chi connectivity index (χ0) is 11.6. The molecule has 1 rings (SSSR count). The van der Waals surface area contributed by atoms with Gasteiger partial charge in [0.2, 0.25) is 0 Å². The van der Waals surface area contributed by atoms with Crippen molar-refractivity contribution >= 4 is 0 Å². The van der Waals surface area contributed by atoms with Crippen molar-refractivity contribution in [3.63, 3.8) is 0 Å². The predicted molar refractivity (Wildman–Crippen MR) is 54.9 cm³/mol. The topological polar surface area (TPSA) is 77.3 Å². The molecule has 0 atom stereocenters. The summed E-state index contributed by atoms with van der Waals surface area (Å²) in [7, 11) is 1.61. The summed E-state index contributed by atoms with van der Waals surface area (Å²) in [6.07, 6.45) is 1.48. The fourth-order valence-electron chi connectivity index (χ4n) is 0.909. The Balaban J connectivity index is 2.19. The van der Waals surface area contributed by atoms with E-state index in [4.69, 9.17) is 19.5 Å². The van der Waals surface area contributed by atoms with E-state index in [0.29, 0.717) is 26.4 Å². The minimum atomic E-state index is 0.189. The van der Waals surface area contributed by atoms with E-state index in [9.17, 15) is 0 Å². The van der Waals surface area contributed by atoms with E-state index in [1.807, 2.05) is 6.07 Å². The van der Waals surface area contributed by atoms with Crippen LogP contribution in [0.3, 0.4) is 0 Å². The summed E-state index contributed by atoms with van der Waals surface area (Å²) in [5.74, 6) is 0. The lowest BCUT2D eigenvalue weighted by Crippen LogP contribution is -2.11. The second-order valence-electron chi connectivity index (χ2n) is 2.79. The van der Waals surface area contributed by atoms with Crippen LogP contribution in [0.5, 0.6) is 6.01 Å². The van der Waals surface area contributed by atoms with Crippen LogP contribution in [0.4, 0.5) is 0 Å². The Kier molecular flexibility index (Phi) is 5.84. The van der Waals surface area contributed by atoms with E-state index < -0.39 is 0 Å². The van der Waals surface area contributed by atoms with Crippen molar-refractivity contribution in [1.82, 2.24) is 9.97 Å². The summed E-state index contributed by atoms with van der Waals surface area (Å²) < 4.78 is 15.2. The number of methoxy groups -OCH3 is 1. The van der Waals surface area contributed by atoms with Crippen LogP contribution in [-0.2, 0) is 9.47 Å². The van der Waals surface area contributed by atoms with Gasteiger partial charge in [0.1, 0.15) is 18.4 Å². The number of aromatic nitrogens is 2. The van der Waals surface area contributed by atoms with Crippen LogP contribution in [0.25, 0.3) is 0 Å². The molecule has 6 heteroatoms. The van der Waals surface area contributed by atoms with Gasteiger partial charge in [-0.2, -0.15) is 10.2 Å². The number of nitrogens with zero attached hydrogens (tertiary/aromatic N) is 3. The minimum Gasteiger partial charge on any atom is -0.461 e. The van der Waals surface area contributed by atoms with E-state index >= 15 is 0 Å². The first-order valence-electron chi connectivity index (χ1n) is 4.79. The maximum Gasteiger partial charge on any atom is 0.317 e. The number of ether oxygens (including phenoxy) is 3. The molecule has 0 fully saturated rings. The first-order chi connectivity index (χ1) is 7.86. The van der Waals surface area contributed by atoms with Gasteiger partial charge in [-0.3, -0.25) is 0 Å². The minimum absolute atomic E-state index is 0.189. The highest BCUT2D eigenvalue weighted by Crippen LogP contribution is 2.01. The Hall–Kier alpha value is -1.71. The SMILES string of the molecule is COCCOCCOc1nccc(C#N)n1. The lowest BCUT2D eigenvalue weighted by atomic mass is 10.4. The van der Waals surface area contributed by atoms with Gasteiger partial charge in [-0.1, -0.05) is 0 Å². The Morgan fingerprint density at radius 3 is 2.88 bits per heavy atom. The second-order valence-corrected chi connectivity index (χ2v) is 2.79. The van der Waals surface area contributed by atoms with E-state index in [2.05, 4.69) is 9.97 Å². The van der Waals surface area contributed by atoms with Gasteiger partial charge in [-0.05, 0) is 6.07 Å². The summed E-state index contributed by atoms with van der Waals surface area (Å²) in [6.45, 7) is 1.86. The van der Waals surface area contributed by atoms with Gasteiger partial charge in [-0.25, -0.2) is 4.98 Å². The van der Waals surface area contributed by atoms with Gasteiger partial charge in [-0.15, -0.1) is 0 Å². The van der Waals surface area contributed by atoms with Gasteiger partial charge < -0.3 is 14.2 Å². The van der Waals surface area contributed by atoms with Crippen LogP contribution in [0, 0.1) is 11.3 Å². The van der Waals surface area contributed by atoms with Crippen molar-refractivity contribution in [2.75, 3.05) is 33.5 Å². The van der Waals surface area contributed by atoms with Crippen LogP contribution in [-0.4, -0.2) is 43.5 Å². The zero-order valence-electron chi connectivity index (χ0n) is 9.05. The average Bonchev–Trinajstić information content (AvgIpc) is 2.34. The molecule has 0 amide bonds. The predicted octanol–water partition coefficient (Wildman–Crippen LogP) is 0.390. The molecule has 6 nitrogen and oxygen atoms in total. The fraction of sp³-hybridized carbons (Fsp3) is 0.500. The summed E-state index contributed by atoms with van der Waals surface area (Å²) in [6, 6.07) is 3.61. The zero-order valence-corrected chi connectivity index (χ0v) is 9.05. The van der Waals surface area contributed by atoms with E-state index in [-0.39, 0.29) is 11.7 Å². The molecule has 86 valence electrons. The Labute approximate surface area is 93.8 Å². The van der Waals surface area contributed by atoms with E-state index in [1.165, 1.54) is 12.3 Å². The lowest BCUT2D eigenvalue weighted by Gasteiger charge is -2.04. The van der Waals surface area contributed by atoms with Crippen molar-refractivity contribution < 1.29 is 14.2 Å². The molecule has 0 bridgehead atoms. The first kappa shape index (κ1) is 12.4. The molecular weight excluding hydrogens is 210 g/mol. The number of rotatable bonds is 7. The van der Waals surface area contributed by atoms with Crippen LogP contribution in [0.2, 0.25) is 0 Å². The summed E-state index contributed by atoms with van der Waals surface area (Å²) >= 11 is 0. The molecule has 0 unspecified atom stereocenters. The Morgan fingerprint density at radius 1 is 1.31 bits per heavy atom. The largest absolute Gasteiger partial charge is 0.461 e. The Bertz CT molecular complexity index is 351. The summed E-state index contributed by atoms with van der Waals surface area (Å²) in [5, 5.41) is 8.60. The first-order valence-corrected chi connectivity index (χ1v) is 4.79. The summed E-state index contributed by atoms with van der Waals surface area (Å²) in [4.78, 5) is 7.71. The molecule has 0 aliphatic carbocycles. The van der Waals surface area contributed by atoms with Crippen LogP contribution < -0.4 is 4.74 Å². The molecule has 1 aromatic heterocycles. The molecular formula is C10H13N3O3. The molecule has 0 aromatic carbocycles. The second kappa shape index (κ2) is 7.56. The highest BCUT2D eigenvalue weighted by molar-refractivity contribution is 5.19. The van der Waals surface area contributed by atoms with Crippen LogP contribution in [0.1, 0.15) is 5.69 Å². The van der Waals surface area contributed by atoms with Crippen LogP contribution >= 0.6 is 0 Å².